The van der Waals surface area contributed by atoms with Gasteiger partial charge < -0.3 is 9.80 Å². The molecule has 0 atom stereocenters. The van der Waals surface area contributed by atoms with Crippen LogP contribution in [0.15, 0.2) is 48.5 Å². The minimum absolute atomic E-state index is 0.0807. The summed E-state index contributed by atoms with van der Waals surface area (Å²) in [5.74, 6) is 0. The summed E-state index contributed by atoms with van der Waals surface area (Å²) < 4.78 is 107. The Balaban J connectivity index is 2.16. The van der Waals surface area contributed by atoms with Crippen molar-refractivity contribution < 1.29 is 24.1 Å². The molecule has 1 saturated heterocycles. The largest absolute Gasteiger partial charge is 0.416 e. The van der Waals surface area contributed by atoms with Gasteiger partial charge in [-0.2, -0.15) is 13.2 Å². The van der Waals surface area contributed by atoms with Crippen molar-refractivity contribution in [3.05, 3.63) is 59.7 Å². The summed E-state index contributed by atoms with van der Waals surface area (Å²) >= 11 is 0. The Hall–Kier alpha value is -2.17. The van der Waals surface area contributed by atoms with Gasteiger partial charge in [-0.25, -0.2) is 0 Å². The third kappa shape index (κ3) is 4.14. The molecule has 0 unspecified atom stereocenters. The number of hydrogen-bond donors (Lipinski definition) is 0. The zero-order valence-electron chi connectivity index (χ0n) is 22.6. The van der Waals surface area contributed by atoms with Gasteiger partial charge in [0.1, 0.15) is 0 Å². The summed E-state index contributed by atoms with van der Waals surface area (Å²) in [6, 6.07) is 8.90. The van der Waals surface area contributed by atoms with Crippen LogP contribution in [0, 0.1) is 0 Å². The SMILES string of the molecule is [2H]C1([2H])N(c2ccc(C(C)(C)C)cc2)C([2H])([2H])C([2H])([2H])N(c2ccc(C(F)(F)F)cc2)C1([2H])[2H]. The van der Waals surface area contributed by atoms with Crippen LogP contribution in [0.2, 0.25) is 0 Å². The summed E-state index contributed by atoms with van der Waals surface area (Å²) in [5.41, 5.74) is -0.977. The lowest BCUT2D eigenvalue weighted by molar-refractivity contribution is -0.137. The zero-order chi connectivity index (χ0) is 26.1. The highest BCUT2D eigenvalue weighted by atomic mass is 19.4. The molecule has 1 aliphatic heterocycles. The molecule has 2 aromatic rings. The van der Waals surface area contributed by atoms with E-state index in [1.165, 1.54) is 12.1 Å². The number of alkyl halides is 3. The maximum Gasteiger partial charge on any atom is 0.416 e. The molecule has 1 heterocycles. The molecule has 0 aliphatic carbocycles. The smallest absolute Gasteiger partial charge is 0.368 e. The Morgan fingerprint density at radius 3 is 1.35 bits per heavy atom. The third-order valence-corrected chi connectivity index (χ3v) is 3.99. The van der Waals surface area contributed by atoms with Crippen molar-refractivity contribution in [2.75, 3.05) is 35.8 Å². The van der Waals surface area contributed by atoms with Crippen LogP contribution in [-0.4, -0.2) is 26.0 Å². The molecule has 0 bridgehead atoms. The van der Waals surface area contributed by atoms with Gasteiger partial charge in [-0.05, 0) is 47.4 Å². The second-order valence-corrected chi connectivity index (χ2v) is 6.96. The molecule has 1 fully saturated rings. The van der Waals surface area contributed by atoms with Crippen LogP contribution < -0.4 is 9.80 Å². The highest BCUT2D eigenvalue weighted by Crippen LogP contribution is 2.31. The number of piperazine rings is 1. The molecule has 2 aromatic carbocycles. The summed E-state index contributed by atoms with van der Waals surface area (Å²) in [7, 11) is 0. The lowest BCUT2D eigenvalue weighted by Gasteiger charge is -2.37. The van der Waals surface area contributed by atoms with Gasteiger partial charge in [0.25, 0.3) is 0 Å². The monoisotopic (exact) mass is 370 g/mol. The average molecular weight is 370 g/mol. The molecule has 26 heavy (non-hydrogen) atoms. The van der Waals surface area contributed by atoms with Crippen molar-refractivity contribution in [1.82, 2.24) is 0 Å². The van der Waals surface area contributed by atoms with E-state index in [1.54, 1.807) is 12.1 Å². The predicted molar refractivity (Wildman–Crippen MR) is 101 cm³/mol. The van der Waals surface area contributed by atoms with E-state index < -0.39 is 43.4 Å². The van der Waals surface area contributed by atoms with Crippen LogP contribution in [0.5, 0.6) is 0 Å². The van der Waals surface area contributed by atoms with E-state index in [9.17, 15) is 13.2 Å². The molecule has 0 N–H and O–H groups in total. The minimum atomic E-state index is -4.68. The van der Waals surface area contributed by atoms with Gasteiger partial charge in [-0.3, -0.25) is 0 Å². The average Bonchev–Trinajstić information content (AvgIpc) is 2.66. The predicted octanol–water partition coefficient (Wildman–Crippen LogP) is 5.33. The van der Waals surface area contributed by atoms with Crippen LogP contribution in [-0.2, 0) is 11.6 Å². The van der Waals surface area contributed by atoms with Gasteiger partial charge in [-0.15, -0.1) is 0 Å². The molecular weight excluding hydrogens is 337 g/mol. The third-order valence-electron chi connectivity index (χ3n) is 3.99. The van der Waals surface area contributed by atoms with Crippen molar-refractivity contribution in [3.8, 4) is 0 Å². The molecular formula is C21H25F3N2. The molecule has 0 aromatic heterocycles. The Morgan fingerprint density at radius 1 is 0.692 bits per heavy atom. The minimum Gasteiger partial charge on any atom is -0.368 e. The zero-order valence-corrected chi connectivity index (χ0v) is 14.6. The first-order valence-corrected chi connectivity index (χ1v) is 8.05. The van der Waals surface area contributed by atoms with E-state index in [0.29, 0.717) is 17.0 Å². The number of halogens is 3. The van der Waals surface area contributed by atoms with Gasteiger partial charge in [0.2, 0.25) is 0 Å². The first-order chi connectivity index (χ1) is 15.2. The summed E-state index contributed by atoms with van der Waals surface area (Å²) in [5, 5.41) is 0. The van der Waals surface area contributed by atoms with Crippen molar-refractivity contribution in [1.29, 1.82) is 0 Å². The number of rotatable bonds is 2. The molecule has 1 aliphatic rings. The van der Waals surface area contributed by atoms with E-state index in [0.717, 1.165) is 17.7 Å². The van der Waals surface area contributed by atoms with Crippen molar-refractivity contribution in [2.45, 2.75) is 32.4 Å². The Bertz CT molecular complexity index is 932. The van der Waals surface area contributed by atoms with Crippen LogP contribution in [0.3, 0.4) is 0 Å². The number of nitrogens with zero attached hydrogens (tertiary/aromatic N) is 2. The highest BCUT2D eigenvalue weighted by molar-refractivity contribution is 5.53. The van der Waals surface area contributed by atoms with Crippen LogP contribution >= 0.6 is 0 Å². The molecule has 140 valence electrons. The fourth-order valence-corrected chi connectivity index (χ4v) is 2.42. The first kappa shape index (κ1) is 10.9. The lowest BCUT2D eigenvalue weighted by atomic mass is 9.87. The van der Waals surface area contributed by atoms with Crippen molar-refractivity contribution in [3.63, 3.8) is 0 Å². The van der Waals surface area contributed by atoms with E-state index in [-0.39, 0.29) is 16.0 Å². The topological polar surface area (TPSA) is 6.48 Å². The van der Waals surface area contributed by atoms with Crippen molar-refractivity contribution in [2.24, 2.45) is 0 Å². The normalized spacial score (nSPS) is 28.4. The molecule has 0 spiro atoms. The Morgan fingerprint density at radius 2 is 1.04 bits per heavy atom. The molecule has 2 nitrogen and oxygen atoms in total. The molecule has 0 radical (unpaired) electrons. The Kier molecular flexibility index (Phi) is 2.86. The molecule has 0 amide bonds. The number of benzene rings is 2. The maximum atomic E-state index is 13.0. The quantitative estimate of drug-likeness (QED) is 0.705. The van der Waals surface area contributed by atoms with E-state index in [2.05, 4.69) is 0 Å². The highest BCUT2D eigenvalue weighted by Gasteiger charge is 2.30. The van der Waals surface area contributed by atoms with Gasteiger partial charge in [-0.1, -0.05) is 32.9 Å². The van der Waals surface area contributed by atoms with Gasteiger partial charge >= 0.3 is 6.18 Å². The molecule has 5 heteroatoms. The van der Waals surface area contributed by atoms with E-state index in [1.807, 2.05) is 20.8 Å². The summed E-state index contributed by atoms with van der Waals surface area (Å²) in [4.78, 5) is 0.660. The number of anilines is 2. The van der Waals surface area contributed by atoms with E-state index in [4.69, 9.17) is 11.0 Å². The fraction of sp³-hybridized carbons (Fsp3) is 0.429. The standard InChI is InChI=1S/C21H25F3N2/c1-20(2,3)16-4-8-18(9-5-16)25-12-14-26(15-13-25)19-10-6-17(7-11-19)21(22,23)24/h4-11H,12-15H2,1-3H3/i12D2,13D2,14D2,15D2. The second kappa shape index (κ2) is 6.86. The molecule has 0 saturated carbocycles. The van der Waals surface area contributed by atoms with Crippen LogP contribution in [0.25, 0.3) is 0 Å². The summed E-state index contributed by atoms with van der Waals surface area (Å²) in [6.07, 6.45) is -4.68. The van der Waals surface area contributed by atoms with Crippen LogP contribution in [0.4, 0.5) is 24.5 Å². The lowest BCUT2D eigenvalue weighted by Crippen LogP contribution is -2.46. The van der Waals surface area contributed by atoms with Gasteiger partial charge in [0.05, 0.1) is 16.5 Å². The van der Waals surface area contributed by atoms with E-state index >= 15 is 0 Å². The molecule has 3 rings (SSSR count). The first-order valence-electron chi connectivity index (χ1n) is 12.1. The van der Waals surface area contributed by atoms with Crippen molar-refractivity contribution >= 4 is 11.4 Å². The van der Waals surface area contributed by atoms with Gasteiger partial charge in [0, 0.05) is 37.4 Å². The maximum absolute atomic E-state index is 13.0. The Labute approximate surface area is 164 Å². The number of hydrogen-bond acceptors (Lipinski definition) is 2. The fourth-order valence-electron chi connectivity index (χ4n) is 2.42. The van der Waals surface area contributed by atoms with Gasteiger partial charge in [0.15, 0.2) is 0 Å². The second-order valence-electron chi connectivity index (χ2n) is 6.96. The summed E-state index contributed by atoms with van der Waals surface area (Å²) in [6.45, 7) is -6.81. The van der Waals surface area contributed by atoms with Crippen LogP contribution in [0.1, 0.15) is 42.9 Å².